The highest BCUT2D eigenvalue weighted by atomic mass is 32.1. The zero-order valence-electron chi connectivity index (χ0n) is 17.9. The first-order chi connectivity index (χ1) is 16.6. The van der Waals surface area contributed by atoms with Crippen molar-refractivity contribution in [2.75, 3.05) is 11.9 Å². The van der Waals surface area contributed by atoms with Crippen molar-refractivity contribution in [2.45, 2.75) is 13.1 Å². The number of hydrogen-bond acceptors (Lipinski definition) is 6. The van der Waals surface area contributed by atoms with Crippen LogP contribution >= 0.6 is 11.3 Å². The van der Waals surface area contributed by atoms with Gasteiger partial charge in [0, 0.05) is 16.3 Å². The van der Waals surface area contributed by atoms with E-state index in [1.54, 1.807) is 6.92 Å². The predicted molar refractivity (Wildman–Crippen MR) is 121 cm³/mol. The number of amides is 1. The van der Waals surface area contributed by atoms with Gasteiger partial charge >= 0.3 is 12.1 Å². The Balaban J connectivity index is 1.85. The first kappa shape index (κ1) is 24.1. The maximum atomic E-state index is 13.3. The van der Waals surface area contributed by atoms with Gasteiger partial charge in [-0.1, -0.05) is 0 Å². The van der Waals surface area contributed by atoms with Crippen molar-refractivity contribution in [1.82, 2.24) is 9.78 Å². The van der Waals surface area contributed by atoms with Crippen molar-refractivity contribution in [3.05, 3.63) is 86.9 Å². The van der Waals surface area contributed by atoms with Crippen LogP contribution in [0.25, 0.3) is 16.5 Å². The number of thiophene rings is 1. The van der Waals surface area contributed by atoms with Crippen molar-refractivity contribution in [1.29, 1.82) is 0 Å². The molecule has 0 bridgehead atoms. The molecule has 4 aromatic rings. The molecule has 2 aromatic carbocycles. The van der Waals surface area contributed by atoms with Crippen LogP contribution in [0.5, 0.6) is 0 Å². The summed E-state index contributed by atoms with van der Waals surface area (Å²) in [5.74, 6) is -2.02. The van der Waals surface area contributed by atoms with E-state index in [1.165, 1.54) is 17.5 Å². The first-order valence-corrected chi connectivity index (χ1v) is 10.9. The summed E-state index contributed by atoms with van der Waals surface area (Å²) in [5.41, 5.74) is -1.86. The van der Waals surface area contributed by atoms with Crippen LogP contribution in [0.15, 0.2) is 58.7 Å². The summed E-state index contributed by atoms with van der Waals surface area (Å²) in [4.78, 5) is 38.5. The number of anilines is 1. The van der Waals surface area contributed by atoms with E-state index in [0.29, 0.717) is 0 Å². The van der Waals surface area contributed by atoms with E-state index in [4.69, 9.17) is 4.74 Å². The molecule has 0 unspecified atom stereocenters. The van der Waals surface area contributed by atoms with Crippen LogP contribution in [-0.4, -0.2) is 28.3 Å². The lowest BCUT2D eigenvalue weighted by molar-refractivity contribution is -0.137. The van der Waals surface area contributed by atoms with E-state index in [-0.39, 0.29) is 39.3 Å². The molecule has 0 aliphatic rings. The summed E-state index contributed by atoms with van der Waals surface area (Å²) in [6, 6.07) is 8.36. The topological polar surface area (TPSA) is 90.3 Å². The maximum Gasteiger partial charge on any atom is 0.416 e. The van der Waals surface area contributed by atoms with E-state index < -0.39 is 35.0 Å². The van der Waals surface area contributed by atoms with Gasteiger partial charge < -0.3 is 10.1 Å². The van der Waals surface area contributed by atoms with Crippen molar-refractivity contribution >= 4 is 39.0 Å². The average molecular weight is 505 g/mol. The molecule has 1 N–H and O–H groups in total. The van der Waals surface area contributed by atoms with Crippen molar-refractivity contribution in [3.63, 3.8) is 0 Å². The molecule has 2 heterocycles. The maximum absolute atomic E-state index is 13.3. The van der Waals surface area contributed by atoms with Crippen molar-refractivity contribution in [3.8, 4) is 5.69 Å². The fourth-order valence-electron chi connectivity index (χ4n) is 3.24. The Morgan fingerprint density at radius 2 is 1.74 bits per heavy atom. The van der Waals surface area contributed by atoms with Gasteiger partial charge in [-0.3, -0.25) is 9.59 Å². The molecule has 4 rings (SSSR count). The highest BCUT2D eigenvalue weighted by Crippen LogP contribution is 2.32. The smallest absolute Gasteiger partial charge is 0.416 e. The van der Waals surface area contributed by atoms with Gasteiger partial charge in [-0.2, -0.15) is 23.0 Å². The number of alkyl halides is 3. The average Bonchev–Trinajstić information content (AvgIpc) is 3.23. The van der Waals surface area contributed by atoms with E-state index in [9.17, 15) is 31.9 Å². The molecule has 0 aliphatic heterocycles. The third kappa shape index (κ3) is 4.78. The van der Waals surface area contributed by atoms with Crippen LogP contribution in [0.2, 0.25) is 0 Å². The van der Waals surface area contributed by atoms with Crippen LogP contribution in [0.1, 0.15) is 33.3 Å². The third-order valence-electron chi connectivity index (χ3n) is 4.89. The predicted octanol–water partition coefficient (Wildman–Crippen LogP) is 5.03. The van der Waals surface area contributed by atoms with Crippen molar-refractivity contribution in [2.24, 2.45) is 0 Å². The molecule has 0 saturated carbocycles. The first-order valence-electron chi connectivity index (χ1n) is 10.1. The second kappa shape index (κ2) is 9.29. The number of benzene rings is 2. The molecule has 0 spiro atoms. The van der Waals surface area contributed by atoms with Gasteiger partial charge in [0.1, 0.15) is 10.8 Å². The minimum atomic E-state index is -4.58. The lowest BCUT2D eigenvalue weighted by atomic mass is 10.2. The lowest BCUT2D eigenvalue weighted by Crippen LogP contribution is -2.25. The van der Waals surface area contributed by atoms with E-state index in [1.807, 2.05) is 0 Å². The quantitative estimate of drug-likeness (QED) is 0.303. The Hall–Kier alpha value is -4.06. The number of halogens is 4. The molecular weight excluding hydrogens is 490 g/mol. The van der Waals surface area contributed by atoms with Gasteiger partial charge in [-0.05, 0) is 55.5 Å². The fraction of sp³-hybridized carbons (Fsp3) is 0.130. The number of rotatable bonds is 5. The van der Waals surface area contributed by atoms with Crippen LogP contribution in [0.4, 0.5) is 22.6 Å². The number of fused-ring (bicyclic) bond motifs is 1. The van der Waals surface area contributed by atoms with Gasteiger partial charge in [0.2, 0.25) is 0 Å². The summed E-state index contributed by atoms with van der Waals surface area (Å²) < 4.78 is 57.8. The monoisotopic (exact) mass is 505 g/mol. The zero-order chi connectivity index (χ0) is 25.3. The molecule has 2 aromatic heterocycles. The highest BCUT2D eigenvalue weighted by Gasteiger charge is 2.30. The molecule has 35 heavy (non-hydrogen) atoms. The molecule has 180 valence electrons. The van der Waals surface area contributed by atoms with Crippen LogP contribution in [-0.2, 0) is 10.9 Å². The molecule has 0 radical (unpaired) electrons. The van der Waals surface area contributed by atoms with Crippen LogP contribution in [0.3, 0.4) is 0 Å². The summed E-state index contributed by atoms with van der Waals surface area (Å²) in [6.07, 6.45) is -4.58. The Kier molecular flexibility index (Phi) is 6.39. The lowest BCUT2D eigenvalue weighted by Gasteiger charge is -2.11. The number of esters is 1. The van der Waals surface area contributed by atoms with E-state index >= 15 is 0 Å². The number of nitrogens with zero attached hydrogens (tertiary/aromatic N) is 2. The normalized spacial score (nSPS) is 11.5. The second-order valence-corrected chi connectivity index (χ2v) is 8.02. The van der Waals surface area contributed by atoms with E-state index in [0.717, 1.165) is 52.4 Å². The van der Waals surface area contributed by atoms with E-state index in [2.05, 4.69) is 10.4 Å². The summed E-state index contributed by atoms with van der Waals surface area (Å²) in [7, 11) is 0. The molecule has 12 heteroatoms. The number of nitrogens with one attached hydrogen (secondary N) is 1. The Labute approximate surface area is 198 Å². The third-order valence-corrected chi connectivity index (χ3v) is 5.79. The number of carbonyl (C=O) groups excluding carboxylic acids is 2. The molecule has 1 amide bonds. The number of carbonyl (C=O) groups is 2. The van der Waals surface area contributed by atoms with Gasteiger partial charge in [0.25, 0.3) is 11.5 Å². The molecule has 0 fully saturated rings. The number of ether oxygens (including phenoxy) is 1. The standard InChI is InChI=1S/C23H15F4N3O4S/c1-2-34-22(33)18-16-11-35-20(28-19(31)12-3-7-14(24)8-4-12)17(16)21(32)30(29-18)15-9-5-13(6-10-15)23(25,26)27/h3-11H,2H2,1H3,(H,28,31). The van der Waals surface area contributed by atoms with Gasteiger partial charge in [-0.15, -0.1) is 11.3 Å². The van der Waals surface area contributed by atoms with Gasteiger partial charge in [0.15, 0.2) is 5.69 Å². The molecule has 7 nitrogen and oxygen atoms in total. The molecule has 0 aliphatic carbocycles. The molecular formula is C23H15F4N3O4S. The molecule has 0 saturated heterocycles. The van der Waals surface area contributed by atoms with Gasteiger partial charge in [-0.25, -0.2) is 9.18 Å². The number of hydrogen-bond donors (Lipinski definition) is 1. The zero-order valence-corrected chi connectivity index (χ0v) is 18.7. The fourth-order valence-corrected chi connectivity index (χ4v) is 4.17. The largest absolute Gasteiger partial charge is 0.461 e. The minimum absolute atomic E-state index is 0.0136. The Bertz CT molecular complexity index is 1480. The summed E-state index contributed by atoms with van der Waals surface area (Å²) in [6.45, 7) is 1.59. The number of aromatic nitrogens is 2. The SMILES string of the molecule is CCOC(=O)c1nn(-c2ccc(C(F)(F)F)cc2)c(=O)c2c(NC(=O)c3ccc(F)cc3)scc12. The Morgan fingerprint density at radius 1 is 1.09 bits per heavy atom. The summed E-state index contributed by atoms with van der Waals surface area (Å²) >= 11 is 0.947. The minimum Gasteiger partial charge on any atom is -0.461 e. The van der Waals surface area contributed by atoms with Gasteiger partial charge in [0.05, 0.1) is 23.2 Å². The Morgan fingerprint density at radius 3 is 2.34 bits per heavy atom. The highest BCUT2D eigenvalue weighted by molar-refractivity contribution is 7.16. The van der Waals surface area contributed by atoms with Crippen LogP contribution in [0, 0.1) is 5.82 Å². The molecule has 0 atom stereocenters. The second-order valence-electron chi connectivity index (χ2n) is 7.15. The van der Waals surface area contributed by atoms with Crippen LogP contribution < -0.4 is 10.9 Å². The van der Waals surface area contributed by atoms with Crippen molar-refractivity contribution < 1.29 is 31.9 Å². The summed E-state index contributed by atoms with van der Waals surface area (Å²) in [5, 5.41) is 8.15.